The summed E-state index contributed by atoms with van der Waals surface area (Å²) in [6.07, 6.45) is 0.00583. The van der Waals surface area contributed by atoms with Crippen molar-refractivity contribution in [2.75, 3.05) is 0 Å². The van der Waals surface area contributed by atoms with E-state index in [1.54, 1.807) is 13.8 Å². The third-order valence-electron chi connectivity index (χ3n) is 7.04. The zero-order valence-corrected chi connectivity index (χ0v) is 25.5. The molecule has 0 aliphatic carbocycles. The Kier molecular flexibility index (Phi) is 11.8. The normalized spacial score (nSPS) is 13.0. The number of hydrogen-bond acceptors (Lipinski definition) is 8. The fourth-order valence-corrected chi connectivity index (χ4v) is 4.60. The second-order valence-corrected chi connectivity index (χ2v) is 11.0. The number of carbonyl (C=O) groups excluding carboxylic acids is 4. The van der Waals surface area contributed by atoms with Gasteiger partial charge >= 0.3 is 5.97 Å². The van der Waals surface area contributed by atoms with Gasteiger partial charge in [0.25, 0.3) is 0 Å². The molecule has 1 aromatic heterocycles. The summed E-state index contributed by atoms with van der Waals surface area (Å²) in [5.41, 5.74) is 3.62. The van der Waals surface area contributed by atoms with Crippen molar-refractivity contribution in [1.29, 1.82) is 0 Å². The molecule has 2 aromatic carbocycles. The van der Waals surface area contributed by atoms with Crippen LogP contribution >= 0.6 is 0 Å². The van der Waals surface area contributed by atoms with Gasteiger partial charge in [0.1, 0.15) is 24.7 Å². The van der Waals surface area contributed by atoms with Gasteiger partial charge in [0, 0.05) is 12.0 Å². The fourth-order valence-electron chi connectivity index (χ4n) is 4.60. The van der Waals surface area contributed by atoms with Gasteiger partial charge in [0.05, 0.1) is 6.42 Å². The Balaban J connectivity index is 1.60. The minimum Gasteiger partial charge on any atom is -0.481 e. The standard InChI is InChI=1S/C31H39N7O6/c1-18(2)28(34-25(40)15-14-22-12-7-6-8-13-22)31(44)32-21(5)30(43)33-23(16-26(41)42)24(39)17-38-36-29(35-37-38)27-19(3)10-9-11-20(27)4/h6-13,18,21,23,28H,14-17H2,1-5H3,(H,32,44)(H,33,43)(H,34,40)(H,41,42)/t21-,23?,28-/m0/s1. The van der Waals surface area contributed by atoms with E-state index in [2.05, 4.69) is 31.4 Å². The minimum atomic E-state index is -1.41. The number of carboxylic acids is 1. The van der Waals surface area contributed by atoms with Gasteiger partial charge in [0.2, 0.25) is 23.5 Å². The first-order chi connectivity index (χ1) is 20.8. The van der Waals surface area contributed by atoms with E-state index in [1.165, 1.54) is 6.92 Å². The highest BCUT2D eigenvalue weighted by atomic mass is 16.4. The molecular weight excluding hydrogens is 566 g/mol. The van der Waals surface area contributed by atoms with Crippen LogP contribution in [0.3, 0.4) is 0 Å². The molecule has 0 aliphatic rings. The van der Waals surface area contributed by atoms with E-state index in [1.807, 2.05) is 62.4 Å². The van der Waals surface area contributed by atoms with E-state index in [0.717, 1.165) is 27.1 Å². The van der Waals surface area contributed by atoms with Crippen LogP contribution in [-0.2, 0) is 36.9 Å². The molecule has 44 heavy (non-hydrogen) atoms. The number of Topliss-reactive ketones (excluding diaryl/α,β-unsaturated/α-hetero) is 1. The summed E-state index contributed by atoms with van der Waals surface area (Å²) in [6, 6.07) is 11.7. The van der Waals surface area contributed by atoms with E-state index in [9.17, 15) is 29.1 Å². The molecule has 13 nitrogen and oxygen atoms in total. The smallest absolute Gasteiger partial charge is 0.305 e. The number of benzene rings is 2. The van der Waals surface area contributed by atoms with Crippen molar-refractivity contribution in [3.8, 4) is 11.4 Å². The number of nitrogens with zero attached hydrogens (tertiary/aromatic N) is 4. The second kappa shape index (κ2) is 15.5. The number of amides is 3. The fraction of sp³-hybridized carbons (Fsp3) is 0.419. The van der Waals surface area contributed by atoms with E-state index < -0.39 is 54.7 Å². The van der Waals surface area contributed by atoms with Gasteiger partial charge in [-0.2, -0.15) is 4.80 Å². The molecule has 0 aliphatic heterocycles. The Labute approximate surface area is 255 Å². The summed E-state index contributed by atoms with van der Waals surface area (Å²) in [4.78, 5) is 64.1. The summed E-state index contributed by atoms with van der Waals surface area (Å²) >= 11 is 0. The SMILES string of the molecule is Cc1cccc(C)c1-c1nnn(CC(=O)C(CC(=O)O)NC(=O)[C@H](C)NC(=O)[C@@H](NC(=O)CCc2ccccc2)C(C)C)n1. The first kappa shape index (κ1) is 33.6. The van der Waals surface area contributed by atoms with Crippen molar-refractivity contribution in [1.82, 2.24) is 36.2 Å². The van der Waals surface area contributed by atoms with Crippen LogP contribution < -0.4 is 16.0 Å². The molecule has 0 saturated carbocycles. The zero-order valence-electron chi connectivity index (χ0n) is 25.5. The Morgan fingerprint density at radius 2 is 1.52 bits per heavy atom. The molecule has 0 radical (unpaired) electrons. The maximum absolute atomic E-state index is 13.0. The molecule has 3 amide bonds. The van der Waals surface area contributed by atoms with E-state index >= 15 is 0 Å². The molecule has 234 valence electrons. The van der Waals surface area contributed by atoms with Gasteiger partial charge in [0.15, 0.2) is 5.78 Å². The van der Waals surface area contributed by atoms with Crippen LogP contribution in [0.1, 0.15) is 50.3 Å². The Hall–Kier alpha value is -4.94. The van der Waals surface area contributed by atoms with Crippen molar-refractivity contribution in [2.24, 2.45) is 5.92 Å². The lowest BCUT2D eigenvalue weighted by molar-refractivity contribution is -0.140. The molecule has 4 N–H and O–H groups in total. The second-order valence-electron chi connectivity index (χ2n) is 11.0. The van der Waals surface area contributed by atoms with Gasteiger partial charge in [-0.25, -0.2) is 0 Å². The lowest BCUT2D eigenvalue weighted by Crippen LogP contribution is -2.56. The molecule has 3 aromatic rings. The number of carboxylic acid groups (broad SMARTS) is 1. The Bertz CT molecular complexity index is 1470. The first-order valence-electron chi connectivity index (χ1n) is 14.4. The monoisotopic (exact) mass is 605 g/mol. The topological polar surface area (TPSA) is 185 Å². The maximum Gasteiger partial charge on any atom is 0.305 e. The van der Waals surface area contributed by atoms with Crippen LogP contribution in [-0.4, -0.2) is 72.9 Å². The number of aryl methyl sites for hydroxylation is 3. The predicted octanol–water partition coefficient (Wildman–Crippen LogP) is 1.76. The highest BCUT2D eigenvalue weighted by Crippen LogP contribution is 2.23. The van der Waals surface area contributed by atoms with Crippen LogP contribution in [0, 0.1) is 19.8 Å². The summed E-state index contributed by atoms with van der Waals surface area (Å²) < 4.78 is 0. The summed E-state index contributed by atoms with van der Waals surface area (Å²) in [6.45, 7) is 8.29. The van der Waals surface area contributed by atoms with E-state index in [4.69, 9.17) is 0 Å². The molecule has 1 heterocycles. The number of aromatic nitrogens is 4. The first-order valence-corrected chi connectivity index (χ1v) is 14.4. The van der Waals surface area contributed by atoms with Gasteiger partial charge in [-0.05, 0) is 55.0 Å². The van der Waals surface area contributed by atoms with Crippen molar-refractivity contribution in [3.63, 3.8) is 0 Å². The third kappa shape index (κ3) is 9.54. The van der Waals surface area contributed by atoms with Crippen LogP contribution in [0.15, 0.2) is 48.5 Å². The lowest BCUT2D eigenvalue weighted by atomic mass is 10.0. The number of rotatable bonds is 15. The quantitative estimate of drug-likeness (QED) is 0.200. The van der Waals surface area contributed by atoms with Gasteiger partial charge < -0.3 is 21.1 Å². The summed E-state index contributed by atoms with van der Waals surface area (Å²) in [5.74, 6) is -3.58. The molecule has 1 unspecified atom stereocenters. The predicted molar refractivity (Wildman–Crippen MR) is 161 cm³/mol. The highest BCUT2D eigenvalue weighted by molar-refractivity contribution is 5.95. The van der Waals surface area contributed by atoms with Crippen molar-refractivity contribution in [3.05, 3.63) is 65.2 Å². The van der Waals surface area contributed by atoms with E-state index in [-0.39, 0.29) is 18.2 Å². The van der Waals surface area contributed by atoms with Gasteiger partial charge in [-0.15, -0.1) is 10.2 Å². The van der Waals surface area contributed by atoms with Crippen molar-refractivity contribution < 1.29 is 29.1 Å². The lowest BCUT2D eigenvalue weighted by Gasteiger charge is -2.25. The average Bonchev–Trinajstić information content (AvgIpc) is 3.41. The van der Waals surface area contributed by atoms with Gasteiger partial charge in [-0.1, -0.05) is 62.4 Å². The summed E-state index contributed by atoms with van der Waals surface area (Å²) in [5, 5.41) is 29.3. The number of tetrazole rings is 1. The Morgan fingerprint density at radius 1 is 0.864 bits per heavy atom. The van der Waals surface area contributed by atoms with Crippen LogP contribution in [0.5, 0.6) is 0 Å². The summed E-state index contributed by atoms with van der Waals surface area (Å²) in [7, 11) is 0. The zero-order chi connectivity index (χ0) is 32.4. The van der Waals surface area contributed by atoms with Gasteiger partial charge in [-0.3, -0.25) is 24.0 Å². The van der Waals surface area contributed by atoms with E-state index in [0.29, 0.717) is 12.2 Å². The third-order valence-corrected chi connectivity index (χ3v) is 7.04. The highest BCUT2D eigenvalue weighted by Gasteiger charge is 2.30. The molecule has 0 spiro atoms. The number of hydrogen-bond donors (Lipinski definition) is 4. The van der Waals surface area contributed by atoms with Crippen LogP contribution in [0.2, 0.25) is 0 Å². The molecule has 0 bridgehead atoms. The molecule has 3 atom stereocenters. The van der Waals surface area contributed by atoms with Crippen molar-refractivity contribution in [2.45, 2.75) is 78.6 Å². The number of ketones is 1. The molecule has 0 fully saturated rings. The Morgan fingerprint density at radius 3 is 2.14 bits per heavy atom. The molecular formula is C31H39N7O6. The largest absolute Gasteiger partial charge is 0.481 e. The minimum absolute atomic E-state index is 0.183. The number of aliphatic carboxylic acids is 1. The number of nitrogens with one attached hydrogen (secondary N) is 3. The van der Waals surface area contributed by atoms with Crippen LogP contribution in [0.25, 0.3) is 11.4 Å². The molecule has 13 heteroatoms. The molecule has 3 rings (SSSR count). The number of carbonyl (C=O) groups is 5. The van der Waals surface area contributed by atoms with Crippen LogP contribution in [0.4, 0.5) is 0 Å². The average molecular weight is 606 g/mol. The molecule has 0 saturated heterocycles. The maximum atomic E-state index is 13.0. The van der Waals surface area contributed by atoms with Crippen molar-refractivity contribution >= 4 is 29.5 Å².